The van der Waals surface area contributed by atoms with Gasteiger partial charge in [0.25, 0.3) is 15.9 Å². The zero-order valence-electron chi connectivity index (χ0n) is 15.5. The van der Waals surface area contributed by atoms with Crippen LogP contribution in [0.3, 0.4) is 0 Å². The second kappa shape index (κ2) is 8.98. The zero-order valence-corrected chi connectivity index (χ0v) is 17.1. The number of benzene rings is 3. The topological polar surface area (TPSA) is 87.3 Å². The lowest BCUT2D eigenvalue weighted by atomic mass is 10.2. The minimum Gasteiger partial charge on any atom is -0.298 e. The van der Waals surface area contributed by atoms with Crippen LogP contribution in [-0.2, 0) is 10.0 Å². The van der Waals surface area contributed by atoms with Gasteiger partial charge in [0.05, 0.1) is 21.3 Å². The van der Waals surface area contributed by atoms with Crippen molar-refractivity contribution in [2.24, 2.45) is 0 Å². The molecule has 3 aromatic rings. The summed E-state index contributed by atoms with van der Waals surface area (Å²) >= 11 is 6.00. The van der Waals surface area contributed by atoms with Gasteiger partial charge < -0.3 is 0 Å². The molecule has 6 nitrogen and oxygen atoms in total. The molecule has 0 aliphatic rings. The van der Waals surface area contributed by atoms with Crippen molar-refractivity contribution in [1.82, 2.24) is 10.9 Å². The number of hydrogen-bond donors (Lipinski definition) is 3. The standard InChI is InChI=1S/C21H17ClFN3O3S/c1-14(15-9-11-17(23)12-10-15)24-25-21(27)16-5-4-6-18(13-16)30(28,29)26-20-8-3-2-7-19(20)22/h2-13,24,26H,1H2,(H,25,27). The van der Waals surface area contributed by atoms with Crippen LogP contribution in [0.15, 0.2) is 84.3 Å². The quantitative estimate of drug-likeness (QED) is 0.476. The third-order valence-corrected chi connectivity index (χ3v) is 5.74. The summed E-state index contributed by atoms with van der Waals surface area (Å²) in [6.07, 6.45) is 0. The number of amides is 1. The summed E-state index contributed by atoms with van der Waals surface area (Å²) < 4.78 is 40.7. The zero-order chi connectivity index (χ0) is 21.7. The lowest BCUT2D eigenvalue weighted by Gasteiger charge is -2.13. The highest BCUT2D eigenvalue weighted by Gasteiger charge is 2.17. The Morgan fingerprint density at radius 1 is 0.900 bits per heavy atom. The van der Waals surface area contributed by atoms with E-state index in [0.29, 0.717) is 11.3 Å². The Bertz CT molecular complexity index is 1200. The Kier molecular flexibility index (Phi) is 6.39. The van der Waals surface area contributed by atoms with Gasteiger partial charge in [-0.25, -0.2) is 12.8 Å². The van der Waals surface area contributed by atoms with Gasteiger partial charge in [0.2, 0.25) is 0 Å². The Hall–Kier alpha value is -3.36. The molecule has 0 heterocycles. The Labute approximate surface area is 178 Å². The number of carbonyl (C=O) groups is 1. The molecule has 9 heteroatoms. The molecule has 0 saturated heterocycles. The van der Waals surface area contributed by atoms with Crippen LogP contribution in [0.2, 0.25) is 5.02 Å². The monoisotopic (exact) mass is 445 g/mol. The highest BCUT2D eigenvalue weighted by molar-refractivity contribution is 7.92. The fourth-order valence-electron chi connectivity index (χ4n) is 2.48. The molecule has 3 rings (SSSR count). The van der Waals surface area contributed by atoms with Gasteiger partial charge in [0.1, 0.15) is 5.82 Å². The Morgan fingerprint density at radius 3 is 2.30 bits per heavy atom. The van der Waals surface area contributed by atoms with Crippen LogP contribution in [-0.4, -0.2) is 14.3 Å². The van der Waals surface area contributed by atoms with Gasteiger partial charge in [-0.3, -0.25) is 20.4 Å². The van der Waals surface area contributed by atoms with Crippen molar-refractivity contribution in [3.8, 4) is 0 Å². The summed E-state index contributed by atoms with van der Waals surface area (Å²) in [4.78, 5) is 12.3. The lowest BCUT2D eigenvalue weighted by molar-refractivity contribution is 0.0942. The van der Waals surface area contributed by atoms with Crippen LogP contribution in [0.4, 0.5) is 10.1 Å². The molecule has 0 unspecified atom stereocenters. The molecule has 30 heavy (non-hydrogen) atoms. The third-order valence-electron chi connectivity index (χ3n) is 4.04. The Balaban J connectivity index is 1.71. The number of anilines is 1. The van der Waals surface area contributed by atoms with Crippen molar-refractivity contribution < 1.29 is 17.6 Å². The van der Waals surface area contributed by atoms with E-state index in [1.165, 1.54) is 54.6 Å². The van der Waals surface area contributed by atoms with E-state index in [4.69, 9.17) is 11.6 Å². The van der Waals surface area contributed by atoms with Crippen LogP contribution >= 0.6 is 11.6 Å². The van der Waals surface area contributed by atoms with Crippen LogP contribution in [0, 0.1) is 5.82 Å². The van der Waals surface area contributed by atoms with Crippen molar-refractivity contribution in [1.29, 1.82) is 0 Å². The largest absolute Gasteiger partial charge is 0.298 e. The smallest absolute Gasteiger partial charge is 0.269 e. The maximum atomic E-state index is 13.0. The fraction of sp³-hybridized carbons (Fsp3) is 0. The lowest BCUT2D eigenvalue weighted by Crippen LogP contribution is -2.35. The van der Waals surface area contributed by atoms with Crippen molar-refractivity contribution in [3.05, 3.63) is 101 Å². The number of rotatable bonds is 7. The van der Waals surface area contributed by atoms with E-state index in [9.17, 15) is 17.6 Å². The summed E-state index contributed by atoms with van der Waals surface area (Å²) in [5.41, 5.74) is 6.31. The first-order chi connectivity index (χ1) is 14.3. The summed E-state index contributed by atoms with van der Waals surface area (Å²) in [5.74, 6) is -0.966. The summed E-state index contributed by atoms with van der Waals surface area (Å²) in [6.45, 7) is 3.77. The molecule has 0 fully saturated rings. The van der Waals surface area contributed by atoms with Gasteiger partial charge in [-0.05, 0) is 60.2 Å². The van der Waals surface area contributed by atoms with E-state index in [-0.39, 0.29) is 27.0 Å². The number of sulfonamides is 1. The average Bonchev–Trinajstić information content (AvgIpc) is 2.74. The van der Waals surface area contributed by atoms with Crippen LogP contribution in [0.5, 0.6) is 0 Å². The SMILES string of the molecule is C=C(NNC(=O)c1cccc(S(=O)(=O)Nc2ccccc2Cl)c1)c1ccc(F)cc1. The van der Waals surface area contributed by atoms with E-state index in [1.807, 2.05) is 0 Å². The molecule has 0 atom stereocenters. The molecule has 0 saturated carbocycles. The number of nitrogens with one attached hydrogen (secondary N) is 3. The minimum atomic E-state index is -3.96. The summed E-state index contributed by atoms with van der Waals surface area (Å²) in [5, 5.41) is 0.249. The van der Waals surface area contributed by atoms with Gasteiger partial charge in [-0.1, -0.05) is 36.4 Å². The van der Waals surface area contributed by atoms with E-state index in [0.717, 1.165) is 0 Å². The van der Waals surface area contributed by atoms with Crippen LogP contribution < -0.4 is 15.6 Å². The second-order valence-electron chi connectivity index (χ2n) is 6.18. The summed E-state index contributed by atoms with van der Waals surface area (Å²) in [7, 11) is -3.96. The van der Waals surface area contributed by atoms with Crippen molar-refractivity contribution in [3.63, 3.8) is 0 Å². The highest BCUT2D eigenvalue weighted by Crippen LogP contribution is 2.24. The third kappa shape index (κ3) is 5.16. The first-order valence-corrected chi connectivity index (χ1v) is 10.5. The molecule has 3 aromatic carbocycles. The number of hydrogen-bond acceptors (Lipinski definition) is 4. The molecule has 0 aromatic heterocycles. The number of carbonyl (C=O) groups excluding carboxylic acids is 1. The van der Waals surface area contributed by atoms with Crippen LogP contribution in [0.1, 0.15) is 15.9 Å². The van der Waals surface area contributed by atoms with E-state index in [1.54, 1.807) is 18.2 Å². The maximum Gasteiger partial charge on any atom is 0.269 e. The maximum absolute atomic E-state index is 13.0. The molecule has 0 spiro atoms. The molecular weight excluding hydrogens is 429 g/mol. The molecule has 1 amide bonds. The average molecular weight is 446 g/mol. The van der Waals surface area contributed by atoms with E-state index >= 15 is 0 Å². The predicted octanol–water partition coefficient (Wildman–Crippen LogP) is 4.19. The van der Waals surface area contributed by atoms with Crippen LogP contribution in [0.25, 0.3) is 5.70 Å². The normalized spacial score (nSPS) is 10.9. The van der Waals surface area contributed by atoms with Crippen molar-refractivity contribution in [2.75, 3.05) is 4.72 Å². The molecule has 0 aliphatic carbocycles. The molecule has 3 N–H and O–H groups in total. The van der Waals surface area contributed by atoms with Gasteiger partial charge in [-0.2, -0.15) is 0 Å². The molecule has 0 aliphatic heterocycles. The van der Waals surface area contributed by atoms with Gasteiger partial charge >= 0.3 is 0 Å². The van der Waals surface area contributed by atoms with Gasteiger partial charge in [0, 0.05) is 5.56 Å². The molecular formula is C21H17ClFN3O3S. The minimum absolute atomic E-state index is 0.104. The molecule has 0 bridgehead atoms. The fourth-order valence-corrected chi connectivity index (χ4v) is 3.84. The number of para-hydroxylation sites is 1. The Morgan fingerprint density at radius 2 is 1.60 bits per heavy atom. The number of halogens is 2. The molecule has 0 radical (unpaired) electrons. The predicted molar refractivity (Wildman–Crippen MR) is 115 cm³/mol. The van der Waals surface area contributed by atoms with Crippen molar-refractivity contribution in [2.45, 2.75) is 4.90 Å². The first kappa shape index (κ1) is 21.4. The highest BCUT2D eigenvalue weighted by atomic mass is 35.5. The molecule has 154 valence electrons. The number of hydrazine groups is 1. The van der Waals surface area contributed by atoms with Gasteiger partial charge in [-0.15, -0.1) is 0 Å². The van der Waals surface area contributed by atoms with E-state index < -0.39 is 15.9 Å². The summed E-state index contributed by atoms with van der Waals surface area (Å²) in [6, 6.07) is 17.5. The van der Waals surface area contributed by atoms with E-state index in [2.05, 4.69) is 22.2 Å². The first-order valence-electron chi connectivity index (χ1n) is 8.65. The van der Waals surface area contributed by atoms with Gasteiger partial charge in [0.15, 0.2) is 0 Å². The second-order valence-corrected chi connectivity index (χ2v) is 8.27. The van der Waals surface area contributed by atoms with Crippen molar-refractivity contribution >= 4 is 38.9 Å².